The second kappa shape index (κ2) is 5.17. The minimum atomic E-state index is 0.207. The van der Waals surface area contributed by atoms with E-state index in [1.807, 2.05) is 24.6 Å². The van der Waals surface area contributed by atoms with E-state index in [-0.39, 0.29) is 5.78 Å². The molecule has 18 heavy (non-hydrogen) atoms. The Morgan fingerprint density at radius 1 is 1.22 bits per heavy atom. The first-order chi connectivity index (χ1) is 8.58. The average molecular weight is 242 g/mol. The van der Waals surface area contributed by atoms with Crippen molar-refractivity contribution in [2.45, 2.75) is 33.7 Å². The molecule has 2 rings (SSSR count). The molecular weight excluding hydrogens is 224 g/mol. The van der Waals surface area contributed by atoms with Crippen molar-refractivity contribution < 1.29 is 4.79 Å². The lowest BCUT2D eigenvalue weighted by Crippen LogP contribution is -2.08. The fourth-order valence-corrected chi connectivity index (χ4v) is 2.39. The first-order valence-electron chi connectivity index (χ1n) is 6.14. The summed E-state index contributed by atoms with van der Waals surface area (Å²) in [4.78, 5) is 16.2. The number of Topliss-reactive ketones (excluding diaryl/α,β-unsaturated/α-hetero) is 1. The fourth-order valence-electron chi connectivity index (χ4n) is 2.39. The smallest absolute Gasteiger partial charge is 0.165 e. The lowest BCUT2D eigenvalue weighted by atomic mass is 9.95. The quantitative estimate of drug-likeness (QED) is 0.772. The molecule has 0 unspecified atom stereocenters. The Morgan fingerprint density at radius 3 is 2.44 bits per heavy atom. The average Bonchev–Trinajstić information content (AvgIpc) is 2.77. The van der Waals surface area contributed by atoms with Crippen LogP contribution in [0.4, 0.5) is 0 Å². The second-order valence-corrected chi connectivity index (χ2v) is 4.75. The van der Waals surface area contributed by atoms with E-state index in [2.05, 4.69) is 24.0 Å². The molecule has 94 valence electrons. The van der Waals surface area contributed by atoms with Gasteiger partial charge in [-0.3, -0.25) is 4.79 Å². The van der Waals surface area contributed by atoms with E-state index >= 15 is 0 Å². The summed E-state index contributed by atoms with van der Waals surface area (Å²) in [5.74, 6) is 0.207. The number of aryl methyl sites for hydroxylation is 4. The third-order valence-electron chi connectivity index (χ3n) is 3.11. The summed E-state index contributed by atoms with van der Waals surface area (Å²) >= 11 is 0. The summed E-state index contributed by atoms with van der Waals surface area (Å²) in [7, 11) is 0. The predicted octanol–water partition coefficient (Wildman–Crippen LogP) is 3.08. The maximum Gasteiger partial charge on any atom is 0.165 e. The Hall–Kier alpha value is -1.90. The second-order valence-electron chi connectivity index (χ2n) is 4.75. The zero-order valence-corrected chi connectivity index (χ0v) is 11.1. The number of rotatable bonds is 4. The van der Waals surface area contributed by atoms with E-state index in [4.69, 9.17) is 0 Å². The number of benzene rings is 1. The van der Waals surface area contributed by atoms with Crippen LogP contribution >= 0.6 is 0 Å². The first kappa shape index (κ1) is 12.6. The topological polar surface area (TPSA) is 34.9 Å². The largest absolute Gasteiger partial charge is 0.337 e. The van der Waals surface area contributed by atoms with E-state index < -0.39 is 0 Å². The Kier molecular flexibility index (Phi) is 3.60. The molecule has 3 heteroatoms. The predicted molar refractivity (Wildman–Crippen MR) is 71.8 cm³/mol. The van der Waals surface area contributed by atoms with Crippen LogP contribution in [0.2, 0.25) is 0 Å². The monoisotopic (exact) mass is 242 g/mol. The number of hydrogen-bond acceptors (Lipinski definition) is 2. The molecular formula is C15H18N2O. The number of nitrogens with zero attached hydrogens (tertiary/aromatic N) is 2. The van der Waals surface area contributed by atoms with Gasteiger partial charge >= 0.3 is 0 Å². The summed E-state index contributed by atoms with van der Waals surface area (Å²) in [6.45, 7) is 6.75. The van der Waals surface area contributed by atoms with E-state index in [1.165, 1.54) is 5.56 Å². The number of imidazole rings is 1. The van der Waals surface area contributed by atoms with Gasteiger partial charge < -0.3 is 4.57 Å². The van der Waals surface area contributed by atoms with E-state index in [0.717, 1.165) is 16.7 Å². The Bertz CT molecular complexity index is 533. The van der Waals surface area contributed by atoms with Gasteiger partial charge in [0.2, 0.25) is 0 Å². The van der Waals surface area contributed by atoms with Crippen molar-refractivity contribution in [3.63, 3.8) is 0 Å². The van der Waals surface area contributed by atoms with Gasteiger partial charge in [0.1, 0.15) is 0 Å². The third kappa shape index (κ3) is 2.67. The van der Waals surface area contributed by atoms with E-state index in [0.29, 0.717) is 13.0 Å². The molecule has 0 atom stereocenters. The molecule has 0 bridgehead atoms. The molecule has 0 spiro atoms. The van der Waals surface area contributed by atoms with Gasteiger partial charge in [-0.1, -0.05) is 17.7 Å². The van der Waals surface area contributed by atoms with Gasteiger partial charge in [0.15, 0.2) is 5.78 Å². The zero-order valence-electron chi connectivity index (χ0n) is 11.1. The number of aromatic nitrogens is 2. The minimum Gasteiger partial charge on any atom is -0.337 e. The molecule has 0 saturated heterocycles. The normalized spacial score (nSPS) is 10.6. The highest BCUT2D eigenvalue weighted by molar-refractivity contribution is 5.98. The van der Waals surface area contributed by atoms with Crippen LogP contribution in [0.3, 0.4) is 0 Å². The molecule has 1 aromatic heterocycles. The summed E-state index contributed by atoms with van der Waals surface area (Å²) in [5, 5.41) is 0. The van der Waals surface area contributed by atoms with Gasteiger partial charge in [-0.25, -0.2) is 4.98 Å². The van der Waals surface area contributed by atoms with Crippen LogP contribution in [-0.2, 0) is 6.54 Å². The lowest BCUT2D eigenvalue weighted by Gasteiger charge is -2.10. The molecule has 0 aliphatic rings. The molecule has 0 N–H and O–H groups in total. The van der Waals surface area contributed by atoms with Crippen molar-refractivity contribution in [3.8, 4) is 0 Å². The van der Waals surface area contributed by atoms with Gasteiger partial charge in [0, 0.05) is 30.9 Å². The molecule has 0 amide bonds. The van der Waals surface area contributed by atoms with Crippen LogP contribution in [0.25, 0.3) is 0 Å². The highest BCUT2D eigenvalue weighted by Crippen LogP contribution is 2.18. The molecule has 1 heterocycles. The van der Waals surface area contributed by atoms with Crippen molar-refractivity contribution in [1.29, 1.82) is 0 Å². The summed E-state index contributed by atoms with van der Waals surface area (Å²) in [6, 6.07) is 4.13. The van der Waals surface area contributed by atoms with Crippen molar-refractivity contribution in [1.82, 2.24) is 9.55 Å². The number of ketones is 1. The minimum absolute atomic E-state index is 0.207. The van der Waals surface area contributed by atoms with Crippen molar-refractivity contribution in [2.24, 2.45) is 0 Å². The van der Waals surface area contributed by atoms with E-state index in [9.17, 15) is 4.79 Å². The van der Waals surface area contributed by atoms with Crippen LogP contribution < -0.4 is 0 Å². The van der Waals surface area contributed by atoms with Gasteiger partial charge in [-0.15, -0.1) is 0 Å². The number of carbonyl (C=O) groups excluding carboxylic acids is 1. The molecule has 0 aliphatic carbocycles. The van der Waals surface area contributed by atoms with Crippen LogP contribution in [0.1, 0.15) is 33.5 Å². The maximum absolute atomic E-state index is 12.3. The summed E-state index contributed by atoms with van der Waals surface area (Å²) in [6.07, 6.45) is 5.86. The van der Waals surface area contributed by atoms with Gasteiger partial charge in [0.25, 0.3) is 0 Å². The third-order valence-corrected chi connectivity index (χ3v) is 3.11. The molecule has 2 aromatic rings. The standard InChI is InChI=1S/C15H18N2O/c1-11-8-12(2)15(13(3)9-11)14(18)4-6-17-7-5-16-10-17/h5,7-10H,4,6H2,1-3H3. The van der Waals surface area contributed by atoms with Crippen molar-refractivity contribution in [3.05, 3.63) is 53.1 Å². The fraction of sp³-hybridized carbons (Fsp3) is 0.333. The maximum atomic E-state index is 12.3. The SMILES string of the molecule is Cc1cc(C)c(C(=O)CCn2ccnc2)c(C)c1. The molecule has 0 fully saturated rings. The highest BCUT2D eigenvalue weighted by Gasteiger charge is 2.12. The molecule has 0 saturated carbocycles. The molecule has 0 aliphatic heterocycles. The lowest BCUT2D eigenvalue weighted by molar-refractivity contribution is 0.0976. The van der Waals surface area contributed by atoms with Crippen molar-refractivity contribution >= 4 is 5.78 Å². The summed E-state index contributed by atoms with van der Waals surface area (Å²) < 4.78 is 1.93. The van der Waals surface area contributed by atoms with Gasteiger partial charge in [-0.05, 0) is 31.9 Å². The Labute approximate surface area is 107 Å². The molecule has 0 radical (unpaired) electrons. The number of hydrogen-bond donors (Lipinski definition) is 0. The highest BCUT2D eigenvalue weighted by atomic mass is 16.1. The van der Waals surface area contributed by atoms with Crippen LogP contribution in [0.15, 0.2) is 30.9 Å². The van der Waals surface area contributed by atoms with Gasteiger partial charge in [-0.2, -0.15) is 0 Å². The van der Waals surface area contributed by atoms with Crippen LogP contribution in [0, 0.1) is 20.8 Å². The Morgan fingerprint density at radius 2 is 1.89 bits per heavy atom. The molecule has 1 aromatic carbocycles. The van der Waals surface area contributed by atoms with Crippen LogP contribution in [0.5, 0.6) is 0 Å². The van der Waals surface area contributed by atoms with E-state index in [1.54, 1.807) is 12.5 Å². The number of carbonyl (C=O) groups is 1. The molecule has 3 nitrogen and oxygen atoms in total. The summed E-state index contributed by atoms with van der Waals surface area (Å²) in [5.41, 5.74) is 4.23. The Balaban J connectivity index is 2.14. The van der Waals surface area contributed by atoms with Gasteiger partial charge in [0.05, 0.1) is 6.33 Å². The van der Waals surface area contributed by atoms with Crippen molar-refractivity contribution in [2.75, 3.05) is 0 Å². The zero-order chi connectivity index (χ0) is 13.1. The first-order valence-corrected chi connectivity index (χ1v) is 6.14. The van der Waals surface area contributed by atoms with Crippen LogP contribution in [-0.4, -0.2) is 15.3 Å².